The summed E-state index contributed by atoms with van der Waals surface area (Å²) in [6, 6.07) is 0. The number of nitrogens with zero attached hydrogens (tertiary/aromatic N) is 1. The van der Waals surface area contributed by atoms with Crippen molar-refractivity contribution in [3.05, 3.63) is 0 Å². The number of hydrogen-bond donors (Lipinski definition) is 0. The zero-order valence-electron chi connectivity index (χ0n) is 23.6. The van der Waals surface area contributed by atoms with Crippen LogP contribution in [0.4, 0.5) is 0 Å². The normalized spacial score (nSPS) is 14.7. The van der Waals surface area contributed by atoms with Gasteiger partial charge in [0.05, 0.1) is 0 Å². The first-order chi connectivity index (χ1) is 17.1. The third-order valence-corrected chi connectivity index (χ3v) is 10.3. The Kier molecular flexibility index (Phi) is 24.2. The van der Waals surface area contributed by atoms with Crippen LogP contribution in [0.15, 0.2) is 0 Å². The molecule has 0 fully saturated rings. The Hall–Kier alpha value is 0.780. The molecule has 0 radical (unpaired) electrons. The fourth-order valence-corrected chi connectivity index (χ4v) is 7.45. The summed E-state index contributed by atoms with van der Waals surface area (Å²) in [7, 11) is 1.89. The molecule has 0 aliphatic rings. The number of thioether (sulfide) groups is 1. The predicted molar refractivity (Wildman–Crippen MR) is 146 cm³/mol. The molecule has 0 aromatic heterocycles. The number of phosphoric acid groups is 1. The first-order valence-corrected chi connectivity index (χ1v) is 18.7. The number of ether oxygens (including phenoxy) is 1. The van der Waals surface area contributed by atoms with E-state index >= 15 is 0 Å². The predicted octanol–water partition coefficient (Wildman–Crippen LogP) is 3.34. The number of alkyl halides is 1. The molecule has 36 heavy (non-hydrogen) atoms. The third kappa shape index (κ3) is 27.8. The molecule has 10 heteroatoms. The quantitative estimate of drug-likeness (QED) is 0.0461. The number of carbonyl (C=O) groups excluding carboxylic acids is 1. The van der Waals surface area contributed by atoms with Crippen molar-refractivity contribution in [2.75, 3.05) is 52.0 Å². The first-order valence-electron chi connectivity index (χ1n) is 13.8. The molecule has 0 saturated heterocycles. The number of rotatable bonds is 26. The van der Waals surface area contributed by atoms with Crippen LogP contribution in [-0.2, 0) is 23.1 Å². The van der Waals surface area contributed by atoms with Gasteiger partial charge >= 0.3 is 154 Å². The van der Waals surface area contributed by atoms with Crippen LogP contribution in [0.3, 0.4) is 0 Å². The van der Waals surface area contributed by atoms with E-state index in [9.17, 15) is 14.3 Å². The third-order valence-electron chi connectivity index (χ3n) is 5.47. The van der Waals surface area contributed by atoms with Gasteiger partial charge in [0, 0.05) is 0 Å². The van der Waals surface area contributed by atoms with E-state index in [1.54, 1.807) is 0 Å². The molecule has 1 unspecified atom stereocenters. The second-order valence-electron chi connectivity index (χ2n) is 10.1. The molecule has 0 spiro atoms. The maximum atomic E-state index is 12.0. The monoisotopic (exact) mass is 666 g/mol. The number of halogens is 1. The van der Waals surface area contributed by atoms with E-state index in [4.69, 9.17) is 13.8 Å². The summed E-state index contributed by atoms with van der Waals surface area (Å²) in [6.07, 6.45) is 18.4. The fraction of sp³-hybridized carbons (Fsp3) is 0.962. The first kappa shape index (κ1) is 36.8. The van der Waals surface area contributed by atoms with Gasteiger partial charge in [-0.1, -0.05) is 84.0 Å². The molecular weight excluding hydrogens is 612 g/mol. The number of phosphoric ester groups is 1. The molecular formula is C26H54INO6PS-. The van der Waals surface area contributed by atoms with Gasteiger partial charge in [-0.15, -0.1) is 0 Å². The summed E-state index contributed by atoms with van der Waals surface area (Å²) in [5.74, 6) is 0. The minimum absolute atomic E-state index is 0.0851. The van der Waals surface area contributed by atoms with E-state index < -0.39 is 7.82 Å². The van der Waals surface area contributed by atoms with Gasteiger partial charge in [-0.2, -0.15) is 0 Å². The average molecular weight is 667 g/mol. The standard InChI is InChI=1S/C26H55INO6PS/c1-6-7-8-9-10-11-12-13-14-15-16-17-18-19-21-32-23-26(36-25(2)29)24-34-35(30,31)33-22-20-27-28(3,4)5/h26H,6-24H2,1-5H3,(H,30,31)/p-1/t26-/m1/s1. The fourth-order valence-electron chi connectivity index (χ4n) is 3.61. The van der Waals surface area contributed by atoms with Crippen molar-refractivity contribution < 1.29 is 52.2 Å². The van der Waals surface area contributed by atoms with Crippen molar-refractivity contribution in [3.63, 3.8) is 0 Å². The number of unbranched alkanes of at least 4 members (excludes halogenated alkanes) is 13. The van der Waals surface area contributed by atoms with Crippen molar-refractivity contribution in [1.82, 2.24) is 0 Å². The van der Waals surface area contributed by atoms with Gasteiger partial charge in [0.15, 0.2) is 0 Å². The van der Waals surface area contributed by atoms with Crippen LogP contribution in [0.25, 0.3) is 0 Å². The molecule has 218 valence electrons. The number of hydrogen-bond acceptors (Lipinski definition) is 7. The molecule has 0 aromatic carbocycles. The summed E-state index contributed by atoms with van der Waals surface area (Å²) in [4.78, 5) is 23.6. The van der Waals surface area contributed by atoms with Gasteiger partial charge < -0.3 is 0 Å². The Morgan fingerprint density at radius 1 is 0.833 bits per heavy atom. The zero-order chi connectivity index (χ0) is 27.1. The minimum atomic E-state index is -4.37. The Bertz CT molecular complexity index is 579. The maximum absolute atomic E-state index is 12.0. The molecule has 0 aromatic rings. The molecule has 0 N–H and O–H groups in total. The van der Waals surface area contributed by atoms with Crippen molar-refractivity contribution >= 4 is 24.7 Å². The van der Waals surface area contributed by atoms with E-state index in [0.29, 0.717) is 6.61 Å². The molecule has 0 aliphatic carbocycles. The van der Waals surface area contributed by atoms with Gasteiger partial charge in [-0.05, 0) is 0 Å². The van der Waals surface area contributed by atoms with Gasteiger partial charge in [0.1, 0.15) is 0 Å². The Labute approximate surface area is 237 Å². The summed E-state index contributed by atoms with van der Waals surface area (Å²) in [5, 5.41) is -0.447. The summed E-state index contributed by atoms with van der Waals surface area (Å²) >= 11 is 0.854. The Morgan fingerprint density at radius 3 is 1.81 bits per heavy atom. The number of carbonyl (C=O) groups is 1. The summed E-state index contributed by atoms with van der Waals surface area (Å²) < 4.78 is 29.3. The van der Waals surface area contributed by atoms with E-state index in [1.807, 2.05) is 0 Å². The van der Waals surface area contributed by atoms with Crippen LogP contribution in [0, 0.1) is 0 Å². The Morgan fingerprint density at radius 2 is 1.33 bits per heavy atom. The molecule has 0 amide bonds. The molecule has 0 heterocycles. The zero-order valence-corrected chi connectivity index (χ0v) is 27.5. The molecule has 0 bridgehead atoms. The van der Waals surface area contributed by atoms with Gasteiger partial charge in [-0.25, -0.2) is 0 Å². The van der Waals surface area contributed by atoms with Crippen LogP contribution in [0.5, 0.6) is 0 Å². The van der Waals surface area contributed by atoms with Crippen molar-refractivity contribution in [2.24, 2.45) is 0 Å². The summed E-state index contributed by atoms with van der Waals surface area (Å²) in [5.41, 5.74) is 0. The average Bonchev–Trinajstić information content (AvgIpc) is 2.79. The van der Waals surface area contributed by atoms with Crippen molar-refractivity contribution in [2.45, 2.75) is 109 Å². The molecule has 0 saturated carbocycles. The van der Waals surface area contributed by atoms with E-state index in [1.165, 1.54) is 84.0 Å². The topological polar surface area (TPSA) is 84.9 Å². The van der Waals surface area contributed by atoms with Crippen LogP contribution in [-0.4, -0.2) is 65.1 Å². The van der Waals surface area contributed by atoms with Crippen LogP contribution in [0.1, 0.15) is 104 Å². The SMILES string of the molecule is CCCCCCCCCCCCCCCCOC[C@H](COP(=O)([O-])OCC[I-][N+](C)(C)C)SC(C)=O. The Balaban J connectivity index is 3.79. The van der Waals surface area contributed by atoms with Crippen LogP contribution >= 0.6 is 19.6 Å². The second kappa shape index (κ2) is 23.6. The number of quaternary nitrogens is 1. The summed E-state index contributed by atoms with van der Waals surface area (Å²) in [6.45, 7) is 4.66. The molecule has 2 atom stereocenters. The van der Waals surface area contributed by atoms with Crippen molar-refractivity contribution in [1.29, 1.82) is 0 Å². The molecule has 7 nitrogen and oxygen atoms in total. The van der Waals surface area contributed by atoms with Gasteiger partial charge in [0.25, 0.3) is 0 Å². The van der Waals surface area contributed by atoms with Gasteiger partial charge in [0.2, 0.25) is 0 Å². The van der Waals surface area contributed by atoms with Crippen LogP contribution in [0.2, 0.25) is 0 Å². The van der Waals surface area contributed by atoms with Crippen molar-refractivity contribution in [3.8, 4) is 0 Å². The van der Waals surface area contributed by atoms with Crippen LogP contribution < -0.4 is 26.4 Å². The van der Waals surface area contributed by atoms with E-state index in [-0.39, 0.29) is 51.7 Å². The van der Waals surface area contributed by atoms with Gasteiger partial charge in [-0.3, -0.25) is 0 Å². The van der Waals surface area contributed by atoms with E-state index in [2.05, 4.69) is 28.1 Å². The van der Waals surface area contributed by atoms with E-state index in [0.717, 1.165) is 31.7 Å². The molecule has 0 rings (SSSR count). The molecule has 0 aliphatic heterocycles. The second-order valence-corrected chi connectivity index (χ2v) is 17.7.